The summed E-state index contributed by atoms with van der Waals surface area (Å²) in [5, 5.41) is 0. The van der Waals surface area contributed by atoms with E-state index in [2.05, 4.69) is 0 Å². The van der Waals surface area contributed by atoms with Gasteiger partial charge in [0, 0.05) is 0 Å². The lowest BCUT2D eigenvalue weighted by Crippen LogP contribution is -2.17. The smallest absolute Gasteiger partial charge is 0.319 e. The molecule has 8 heteroatoms. The van der Waals surface area contributed by atoms with Crippen LogP contribution in [0, 0.1) is 0 Å². The highest BCUT2D eigenvalue weighted by Crippen LogP contribution is 2.23. The first-order chi connectivity index (χ1) is 12.6. The topological polar surface area (TPSA) is 88.1 Å². The molecule has 7 nitrogen and oxygen atoms in total. The molecule has 2 rings (SSSR count). The third-order valence-electron chi connectivity index (χ3n) is 2.99. The second-order valence-corrected chi connectivity index (χ2v) is 6.19. The molecule has 0 aromatic heterocycles. The minimum atomic E-state index is -2.95. The lowest BCUT2D eigenvalue weighted by atomic mass is 10.3. The Morgan fingerprint density at radius 2 is 1.04 bits per heavy atom. The Hall–Kier alpha value is -2.47. The molecule has 26 heavy (non-hydrogen) atoms. The van der Waals surface area contributed by atoms with Crippen molar-refractivity contribution < 1.29 is 32.7 Å². The van der Waals surface area contributed by atoms with Crippen molar-refractivity contribution in [3.8, 4) is 11.5 Å². The van der Waals surface area contributed by atoms with Gasteiger partial charge >= 0.3 is 8.25 Å². The summed E-state index contributed by atoms with van der Waals surface area (Å²) in [6.07, 6.45) is 0. The van der Waals surface area contributed by atoms with Crippen LogP contribution in [0.5, 0.6) is 11.5 Å². The minimum absolute atomic E-state index is 0.205. The van der Waals surface area contributed by atoms with Crippen LogP contribution in [0.2, 0.25) is 0 Å². The van der Waals surface area contributed by atoms with Crippen LogP contribution in [0.25, 0.3) is 0 Å². The fourth-order valence-electron chi connectivity index (χ4n) is 1.76. The zero-order valence-electron chi connectivity index (χ0n) is 14.0. The Labute approximate surface area is 151 Å². The summed E-state index contributed by atoms with van der Waals surface area (Å²) >= 11 is 0. The van der Waals surface area contributed by atoms with E-state index in [1.165, 1.54) is 0 Å². The number of carbonyl (C=O) groups is 2. The minimum Gasteiger partial charge on any atom is -0.486 e. The molecule has 0 aliphatic heterocycles. The quantitative estimate of drug-likeness (QED) is 0.525. The lowest BCUT2D eigenvalue weighted by molar-refractivity contribution is -0.123. The van der Waals surface area contributed by atoms with Crippen molar-refractivity contribution in [2.24, 2.45) is 0 Å². The van der Waals surface area contributed by atoms with E-state index in [1.54, 1.807) is 48.5 Å². The highest BCUT2D eigenvalue weighted by atomic mass is 31.1. The van der Waals surface area contributed by atoms with Gasteiger partial charge in [0.25, 0.3) is 0 Å². The third-order valence-corrected chi connectivity index (χ3v) is 3.75. The average Bonchev–Trinajstić information content (AvgIpc) is 2.69. The van der Waals surface area contributed by atoms with Crippen molar-refractivity contribution in [3.05, 3.63) is 60.7 Å². The first-order valence-electron chi connectivity index (χ1n) is 7.82. The lowest BCUT2D eigenvalue weighted by Gasteiger charge is -2.07. The monoisotopic (exact) mass is 378 g/mol. The molecule has 0 saturated carbocycles. The second-order valence-electron chi connectivity index (χ2n) is 5.11. The van der Waals surface area contributed by atoms with Crippen molar-refractivity contribution in [2.45, 2.75) is 0 Å². The van der Waals surface area contributed by atoms with E-state index >= 15 is 0 Å². The molecular formula is C18H19O7P. The number of hydrogen-bond donors (Lipinski definition) is 0. The molecule has 0 heterocycles. The van der Waals surface area contributed by atoms with E-state index < -0.39 is 33.0 Å². The van der Waals surface area contributed by atoms with Crippen LogP contribution in [0.1, 0.15) is 0 Å². The number of ether oxygens (including phenoxy) is 2. The molecule has 2 aromatic carbocycles. The van der Waals surface area contributed by atoms with Crippen molar-refractivity contribution >= 4 is 19.8 Å². The van der Waals surface area contributed by atoms with Gasteiger partial charge in [0.05, 0.1) is 0 Å². The normalized spacial score (nSPS) is 10.5. The van der Waals surface area contributed by atoms with Crippen molar-refractivity contribution in [1.29, 1.82) is 0 Å². The fourth-order valence-corrected chi connectivity index (χ4v) is 2.41. The van der Waals surface area contributed by atoms with E-state index in [1.807, 2.05) is 12.1 Å². The van der Waals surface area contributed by atoms with Gasteiger partial charge in [0.1, 0.15) is 37.9 Å². The van der Waals surface area contributed by atoms with Crippen LogP contribution in [0.3, 0.4) is 0 Å². The van der Waals surface area contributed by atoms with E-state index in [0.717, 1.165) is 0 Å². The van der Waals surface area contributed by atoms with Crippen LogP contribution in [0.15, 0.2) is 60.7 Å². The third kappa shape index (κ3) is 8.07. The summed E-state index contributed by atoms with van der Waals surface area (Å²) in [6, 6.07) is 17.6. The van der Waals surface area contributed by atoms with Gasteiger partial charge in [0.15, 0.2) is 11.6 Å². The Morgan fingerprint density at radius 1 is 0.654 bits per heavy atom. The summed E-state index contributed by atoms with van der Waals surface area (Å²) < 4.78 is 31.6. The Kier molecular flexibility index (Phi) is 8.55. The maximum atomic E-state index is 11.6. The van der Waals surface area contributed by atoms with Gasteiger partial charge in [-0.1, -0.05) is 36.4 Å². The standard InChI is InChI=1S/C18H19O7P/c19-15(11-22-17-7-3-1-4-8-17)13-24-26(21)25-14-16(20)12-23-18-9-5-2-6-10-18/h1-10,26H,11-14H2. The molecule has 0 fully saturated rings. The molecular weight excluding hydrogens is 359 g/mol. The van der Waals surface area contributed by atoms with Crippen LogP contribution in [-0.2, 0) is 23.2 Å². The predicted octanol–water partition coefficient (Wildman–Crippen LogP) is 2.71. The van der Waals surface area contributed by atoms with Crippen LogP contribution >= 0.6 is 8.25 Å². The molecule has 0 atom stereocenters. The highest BCUT2D eigenvalue weighted by Gasteiger charge is 2.10. The Balaban J connectivity index is 1.56. The molecule has 138 valence electrons. The van der Waals surface area contributed by atoms with Gasteiger partial charge in [-0.25, -0.2) is 0 Å². The summed E-state index contributed by atoms with van der Waals surface area (Å²) in [4.78, 5) is 23.2. The summed E-state index contributed by atoms with van der Waals surface area (Å²) in [6.45, 7) is -1.25. The predicted molar refractivity (Wildman–Crippen MR) is 94.8 cm³/mol. The number of rotatable bonds is 12. The van der Waals surface area contributed by atoms with E-state index in [0.29, 0.717) is 11.5 Å². The SMILES string of the molecule is O=C(COc1ccccc1)CO[PH](=O)OCC(=O)COc1ccccc1. The van der Waals surface area contributed by atoms with Gasteiger partial charge in [-0.05, 0) is 24.3 Å². The van der Waals surface area contributed by atoms with E-state index in [9.17, 15) is 14.2 Å². The van der Waals surface area contributed by atoms with Gasteiger partial charge in [-0.2, -0.15) is 0 Å². The number of Topliss-reactive ketones (excluding diaryl/α,β-unsaturated/α-hetero) is 2. The zero-order valence-corrected chi connectivity index (χ0v) is 15.0. The number of hydrogen-bond acceptors (Lipinski definition) is 7. The van der Waals surface area contributed by atoms with Crippen LogP contribution in [-0.4, -0.2) is 38.0 Å². The van der Waals surface area contributed by atoms with Crippen LogP contribution in [0.4, 0.5) is 0 Å². The first kappa shape index (κ1) is 19.8. The van der Waals surface area contributed by atoms with Crippen molar-refractivity contribution in [2.75, 3.05) is 26.4 Å². The molecule has 2 aromatic rings. The Morgan fingerprint density at radius 3 is 1.42 bits per heavy atom. The summed E-state index contributed by atoms with van der Waals surface area (Å²) in [7, 11) is -2.95. The molecule has 0 N–H and O–H groups in total. The van der Waals surface area contributed by atoms with E-state index in [-0.39, 0.29) is 13.2 Å². The van der Waals surface area contributed by atoms with Crippen molar-refractivity contribution in [1.82, 2.24) is 0 Å². The van der Waals surface area contributed by atoms with Crippen LogP contribution < -0.4 is 9.47 Å². The Bertz CT molecular complexity index is 657. The molecule has 0 spiro atoms. The number of para-hydroxylation sites is 2. The molecule has 0 radical (unpaired) electrons. The zero-order chi connectivity index (χ0) is 18.6. The summed E-state index contributed by atoms with van der Waals surface area (Å²) in [5.74, 6) is 0.312. The molecule has 0 bridgehead atoms. The molecule has 0 aliphatic rings. The molecule has 0 amide bonds. The fraction of sp³-hybridized carbons (Fsp3) is 0.222. The first-order valence-corrected chi connectivity index (χ1v) is 9.04. The number of benzene rings is 2. The maximum absolute atomic E-state index is 11.6. The molecule has 0 saturated heterocycles. The number of carbonyl (C=O) groups excluding carboxylic acids is 2. The van der Waals surface area contributed by atoms with Gasteiger partial charge in [0.2, 0.25) is 0 Å². The number of ketones is 2. The molecule has 0 unspecified atom stereocenters. The van der Waals surface area contributed by atoms with Crippen molar-refractivity contribution in [3.63, 3.8) is 0 Å². The van der Waals surface area contributed by atoms with Gasteiger partial charge < -0.3 is 18.5 Å². The summed E-state index contributed by atoms with van der Waals surface area (Å²) in [5.41, 5.74) is 0. The highest BCUT2D eigenvalue weighted by molar-refractivity contribution is 7.33. The van der Waals surface area contributed by atoms with Gasteiger partial charge in [-0.3, -0.25) is 14.2 Å². The van der Waals surface area contributed by atoms with E-state index in [4.69, 9.17) is 18.5 Å². The maximum Gasteiger partial charge on any atom is 0.319 e. The van der Waals surface area contributed by atoms with Gasteiger partial charge in [-0.15, -0.1) is 0 Å². The second kappa shape index (κ2) is 11.2. The average molecular weight is 378 g/mol. The molecule has 0 aliphatic carbocycles. The largest absolute Gasteiger partial charge is 0.486 e.